The topological polar surface area (TPSA) is 117 Å². The maximum absolute atomic E-state index is 10.8. The monoisotopic (exact) mass is 319 g/mol. The lowest BCUT2D eigenvalue weighted by Crippen LogP contribution is -2.32. The van der Waals surface area contributed by atoms with E-state index in [9.17, 15) is 14.9 Å². The minimum atomic E-state index is -0.979. The van der Waals surface area contributed by atoms with E-state index in [1.165, 1.54) is 18.3 Å². The lowest BCUT2D eigenvalue weighted by atomic mass is 10.1. The zero-order valence-corrected chi connectivity index (χ0v) is 11.9. The molecule has 3 rings (SSSR count). The Morgan fingerprint density at radius 3 is 2.87 bits per heavy atom. The zero-order valence-electron chi connectivity index (χ0n) is 11.9. The number of hydrogen-bond donors (Lipinski definition) is 1. The number of aromatic carboxylic acids is 1. The van der Waals surface area contributed by atoms with Gasteiger partial charge in [-0.3, -0.25) is 4.57 Å². The third-order valence-electron chi connectivity index (χ3n) is 3.40. The highest BCUT2D eigenvalue weighted by atomic mass is 16.6. The van der Waals surface area contributed by atoms with Crippen molar-refractivity contribution in [2.75, 3.05) is 6.61 Å². The molecule has 0 bridgehead atoms. The van der Waals surface area contributed by atoms with Crippen molar-refractivity contribution < 1.29 is 24.3 Å². The fourth-order valence-corrected chi connectivity index (χ4v) is 2.22. The van der Waals surface area contributed by atoms with Crippen molar-refractivity contribution in [1.29, 1.82) is 0 Å². The van der Waals surface area contributed by atoms with Gasteiger partial charge in [-0.15, -0.1) is 0 Å². The first-order chi connectivity index (χ1) is 11.0. The fraction of sp³-hybridized carbons (Fsp3) is 0.286. The number of benzene rings is 1. The third-order valence-corrected chi connectivity index (χ3v) is 3.40. The lowest BCUT2D eigenvalue weighted by molar-refractivity contribution is -0.389. The Morgan fingerprint density at radius 1 is 1.48 bits per heavy atom. The van der Waals surface area contributed by atoms with Gasteiger partial charge in [-0.05, 0) is 22.6 Å². The van der Waals surface area contributed by atoms with Crippen LogP contribution in [0.3, 0.4) is 0 Å². The summed E-state index contributed by atoms with van der Waals surface area (Å²) in [6.45, 7) is 0.949. The minimum absolute atomic E-state index is 0.211. The summed E-state index contributed by atoms with van der Waals surface area (Å²) in [4.78, 5) is 24.7. The van der Waals surface area contributed by atoms with Crippen LogP contribution in [0.15, 0.2) is 30.5 Å². The van der Waals surface area contributed by atoms with Crippen LogP contribution in [0.4, 0.5) is 5.82 Å². The highest BCUT2D eigenvalue weighted by molar-refractivity contribution is 5.87. The summed E-state index contributed by atoms with van der Waals surface area (Å²) in [5.41, 5.74) is 1.04. The smallest absolute Gasteiger partial charge is 0.414 e. The van der Waals surface area contributed by atoms with Gasteiger partial charge in [0.05, 0.1) is 18.7 Å². The zero-order chi connectivity index (χ0) is 16.4. The van der Waals surface area contributed by atoms with Crippen molar-refractivity contribution in [1.82, 2.24) is 9.55 Å². The molecule has 9 heteroatoms. The Morgan fingerprint density at radius 2 is 2.22 bits per heavy atom. The molecule has 2 aromatic rings. The van der Waals surface area contributed by atoms with E-state index < -0.39 is 10.9 Å². The Kier molecular flexibility index (Phi) is 3.94. The second kappa shape index (κ2) is 6.05. The molecule has 1 aromatic carbocycles. The molecule has 1 aliphatic rings. The van der Waals surface area contributed by atoms with Gasteiger partial charge in [0, 0.05) is 4.98 Å². The Labute approximate surface area is 130 Å². The number of hydrogen-bond acceptors (Lipinski definition) is 6. The van der Waals surface area contributed by atoms with Crippen molar-refractivity contribution >= 4 is 11.8 Å². The van der Waals surface area contributed by atoms with Gasteiger partial charge in [0.2, 0.25) is 0 Å². The summed E-state index contributed by atoms with van der Waals surface area (Å²) in [6, 6.07) is 6.59. The summed E-state index contributed by atoms with van der Waals surface area (Å²) in [5.74, 6) is -1.24. The van der Waals surface area contributed by atoms with Crippen LogP contribution in [0.5, 0.6) is 6.01 Å². The molecule has 0 saturated heterocycles. The summed E-state index contributed by atoms with van der Waals surface area (Å²) in [5, 5.41) is 19.5. The van der Waals surface area contributed by atoms with Crippen LogP contribution < -0.4 is 4.74 Å². The second-order valence-electron chi connectivity index (χ2n) is 5.04. The van der Waals surface area contributed by atoms with Crippen molar-refractivity contribution in [2.24, 2.45) is 0 Å². The molecule has 23 heavy (non-hydrogen) atoms. The molecule has 0 amide bonds. The molecule has 120 valence electrons. The molecule has 0 unspecified atom stereocenters. The average molecular weight is 319 g/mol. The first-order valence-electron chi connectivity index (χ1n) is 6.81. The van der Waals surface area contributed by atoms with Crippen LogP contribution in [0.1, 0.15) is 15.9 Å². The van der Waals surface area contributed by atoms with Gasteiger partial charge in [0.25, 0.3) is 0 Å². The predicted octanol–water partition coefficient (Wildman–Crippen LogP) is 1.47. The van der Waals surface area contributed by atoms with Gasteiger partial charge in [0.1, 0.15) is 18.9 Å². The SMILES string of the molecule is O=C(O)c1ccc(CO[C@@H]2COc3nc([N+](=O)[O-])cn3C2)cc1. The summed E-state index contributed by atoms with van der Waals surface area (Å²) in [6.07, 6.45) is 1.04. The molecule has 2 heterocycles. The van der Waals surface area contributed by atoms with E-state index >= 15 is 0 Å². The molecule has 9 nitrogen and oxygen atoms in total. The van der Waals surface area contributed by atoms with E-state index in [0.717, 1.165) is 5.56 Å². The highest BCUT2D eigenvalue weighted by Gasteiger charge is 2.28. The van der Waals surface area contributed by atoms with Crippen LogP contribution in [-0.2, 0) is 17.9 Å². The molecule has 1 aliphatic heterocycles. The molecule has 0 spiro atoms. The van der Waals surface area contributed by atoms with Crippen LogP contribution in [-0.4, -0.2) is 38.3 Å². The molecule has 1 atom stereocenters. The fourth-order valence-electron chi connectivity index (χ4n) is 2.22. The molecule has 0 saturated carbocycles. The standard InChI is InChI=1S/C14H13N3O6/c18-13(19)10-3-1-9(2-4-10)7-22-11-5-16-6-12(17(20)21)15-14(16)23-8-11/h1-4,6,11H,5,7-8H2,(H,18,19)/t11-/m0/s1. The van der Waals surface area contributed by atoms with E-state index in [1.807, 2.05) is 0 Å². The van der Waals surface area contributed by atoms with Gasteiger partial charge in [-0.2, -0.15) is 0 Å². The molecule has 1 aromatic heterocycles. The van der Waals surface area contributed by atoms with E-state index in [2.05, 4.69) is 4.98 Å². The first-order valence-corrected chi connectivity index (χ1v) is 6.81. The van der Waals surface area contributed by atoms with E-state index in [-0.39, 0.29) is 30.1 Å². The number of carbonyl (C=O) groups is 1. The summed E-state index contributed by atoms with van der Waals surface area (Å²) < 4.78 is 12.6. The van der Waals surface area contributed by atoms with E-state index in [4.69, 9.17) is 14.6 Å². The van der Waals surface area contributed by atoms with E-state index in [1.54, 1.807) is 16.7 Å². The minimum Gasteiger partial charge on any atom is -0.478 e. The van der Waals surface area contributed by atoms with Gasteiger partial charge in [-0.1, -0.05) is 12.1 Å². The Hall–Kier alpha value is -2.94. The summed E-state index contributed by atoms with van der Waals surface area (Å²) >= 11 is 0. The van der Waals surface area contributed by atoms with Crippen LogP contribution >= 0.6 is 0 Å². The Bertz CT molecular complexity index is 739. The van der Waals surface area contributed by atoms with Crippen molar-refractivity contribution in [3.05, 3.63) is 51.7 Å². The van der Waals surface area contributed by atoms with Crippen molar-refractivity contribution in [3.8, 4) is 6.01 Å². The molecular formula is C14H13N3O6. The number of ether oxygens (including phenoxy) is 2. The van der Waals surface area contributed by atoms with Crippen molar-refractivity contribution in [3.63, 3.8) is 0 Å². The van der Waals surface area contributed by atoms with Gasteiger partial charge in [-0.25, -0.2) is 4.79 Å². The quantitative estimate of drug-likeness (QED) is 0.655. The average Bonchev–Trinajstić information content (AvgIpc) is 2.97. The van der Waals surface area contributed by atoms with E-state index in [0.29, 0.717) is 13.2 Å². The highest BCUT2D eigenvalue weighted by Crippen LogP contribution is 2.22. The number of imidazole rings is 1. The van der Waals surface area contributed by atoms with Crippen LogP contribution in [0.25, 0.3) is 0 Å². The third kappa shape index (κ3) is 3.29. The van der Waals surface area contributed by atoms with Crippen molar-refractivity contribution in [2.45, 2.75) is 19.3 Å². The molecule has 0 aliphatic carbocycles. The number of nitrogens with zero attached hydrogens (tertiary/aromatic N) is 3. The van der Waals surface area contributed by atoms with Crippen LogP contribution in [0.2, 0.25) is 0 Å². The number of aromatic nitrogens is 2. The largest absolute Gasteiger partial charge is 0.478 e. The molecule has 0 fully saturated rings. The molecule has 1 N–H and O–H groups in total. The van der Waals surface area contributed by atoms with Gasteiger partial charge >= 0.3 is 17.8 Å². The van der Waals surface area contributed by atoms with Crippen LogP contribution in [0, 0.1) is 10.1 Å². The summed E-state index contributed by atoms with van der Waals surface area (Å²) in [7, 11) is 0. The second-order valence-corrected chi connectivity index (χ2v) is 5.04. The van der Waals surface area contributed by atoms with Gasteiger partial charge in [0.15, 0.2) is 0 Å². The maximum atomic E-state index is 10.8. The normalized spacial score (nSPS) is 16.4. The number of carboxylic acids is 1. The molecular weight excluding hydrogens is 306 g/mol. The maximum Gasteiger partial charge on any atom is 0.414 e. The Balaban J connectivity index is 1.59. The number of carboxylic acid groups (broad SMARTS) is 1. The molecule has 0 radical (unpaired) electrons. The number of fused-ring (bicyclic) bond motifs is 1. The number of rotatable bonds is 5. The predicted molar refractivity (Wildman–Crippen MR) is 76.4 cm³/mol. The lowest BCUT2D eigenvalue weighted by Gasteiger charge is -2.22. The first kappa shape index (κ1) is 15.0. The number of nitro groups is 1. The van der Waals surface area contributed by atoms with Gasteiger partial charge < -0.3 is 24.7 Å².